The Kier molecular flexibility index (Phi) is 5.66. The summed E-state index contributed by atoms with van der Waals surface area (Å²) in [5, 5.41) is 11.0. The zero-order chi connectivity index (χ0) is 16.1. The zero-order valence-corrected chi connectivity index (χ0v) is 13.5. The van der Waals surface area contributed by atoms with Crippen molar-refractivity contribution in [2.75, 3.05) is 25.6 Å². The van der Waals surface area contributed by atoms with Gasteiger partial charge in [0, 0.05) is 24.3 Å². The lowest BCUT2D eigenvalue weighted by Crippen LogP contribution is -2.38. The predicted molar refractivity (Wildman–Crippen MR) is 90.7 cm³/mol. The Labute approximate surface area is 136 Å². The number of aliphatic hydroxyl groups is 1. The summed E-state index contributed by atoms with van der Waals surface area (Å²) >= 11 is 5.93. The SMILES string of the molecule is COc1ccc([C@@H]([C@H](O)CN)N(C)c2ccc(Cl)cc2)cc1. The molecule has 2 aromatic rings. The molecule has 0 radical (unpaired) electrons. The van der Waals surface area contributed by atoms with Gasteiger partial charge in [-0.1, -0.05) is 23.7 Å². The molecular weight excluding hydrogens is 300 g/mol. The third-order valence-corrected chi connectivity index (χ3v) is 3.97. The van der Waals surface area contributed by atoms with E-state index in [0.29, 0.717) is 5.02 Å². The molecule has 22 heavy (non-hydrogen) atoms. The molecule has 2 rings (SSSR count). The molecule has 0 heterocycles. The van der Waals surface area contributed by atoms with E-state index in [1.165, 1.54) is 0 Å². The molecule has 2 aromatic carbocycles. The number of halogens is 1. The van der Waals surface area contributed by atoms with Crippen LogP contribution in [0.4, 0.5) is 5.69 Å². The van der Waals surface area contributed by atoms with Crippen molar-refractivity contribution in [1.82, 2.24) is 0 Å². The van der Waals surface area contributed by atoms with E-state index in [2.05, 4.69) is 0 Å². The van der Waals surface area contributed by atoms with Crippen LogP contribution in [0.15, 0.2) is 48.5 Å². The van der Waals surface area contributed by atoms with Crippen molar-refractivity contribution in [3.8, 4) is 5.75 Å². The molecule has 4 nitrogen and oxygen atoms in total. The molecule has 0 aliphatic heterocycles. The number of ether oxygens (including phenoxy) is 1. The summed E-state index contributed by atoms with van der Waals surface area (Å²) < 4.78 is 5.18. The maximum atomic E-state index is 10.4. The Balaban J connectivity index is 2.34. The average molecular weight is 321 g/mol. The van der Waals surface area contributed by atoms with E-state index in [9.17, 15) is 5.11 Å². The first-order chi connectivity index (χ1) is 10.6. The molecule has 0 saturated carbocycles. The monoisotopic (exact) mass is 320 g/mol. The molecule has 5 heteroatoms. The molecular formula is C17H21ClN2O2. The largest absolute Gasteiger partial charge is 0.497 e. The third-order valence-electron chi connectivity index (χ3n) is 3.71. The summed E-state index contributed by atoms with van der Waals surface area (Å²) in [7, 11) is 3.55. The van der Waals surface area contributed by atoms with Crippen LogP contribution in [0.1, 0.15) is 11.6 Å². The van der Waals surface area contributed by atoms with Gasteiger partial charge in [0.2, 0.25) is 0 Å². The van der Waals surface area contributed by atoms with Crippen molar-refractivity contribution in [1.29, 1.82) is 0 Å². The first-order valence-corrected chi connectivity index (χ1v) is 7.45. The number of hydrogen-bond donors (Lipinski definition) is 2. The Bertz CT molecular complexity index is 587. The highest BCUT2D eigenvalue weighted by Gasteiger charge is 2.25. The van der Waals surface area contributed by atoms with Gasteiger partial charge in [-0.05, 0) is 42.0 Å². The van der Waals surface area contributed by atoms with Crippen LogP contribution in [0.25, 0.3) is 0 Å². The molecule has 0 saturated heterocycles. The van der Waals surface area contributed by atoms with Crippen molar-refractivity contribution in [2.45, 2.75) is 12.1 Å². The fourth-order valence-corrected chi connectivity index (χ4v) is 2.60. The van der Waals surface area contributed by atoms with Crippen LogP contribution in [-0.2, 0) is 0 Å². The predicted octanol–water partition coefficient (Wildman–Crippen LogP) is 2.85. The van der Waals surface area contributed by atoms with Crippen molar-refractivity contribution < 1.29 is 9.84 Å². The number of nitrogens with two attached hydrogens (primary N) is 1. The zero-order valence-electron chi connectivity index (χ0n) is 12.7. The second-order valence-electron chi connectivity index (χ2n) is 5.11. The van der Waals surface area contributed by atoms with Crippen molar-refractivity contribution in [3.63, 3.8) is 0 Å². The third kappa shape index (κ3) is 3.71. The molecule has 0 aliphatic carbocycles. The molecule has 0 amide bonds. The Hall–Kier alpha value is -1.75. The number of hydrogen-bond acceptors (Lipinski definition) is 4. The molecule has 2 atom stereocenters. The van der Waals surface area contributed by atoms with E-state index in [-0.39, 0.29) is 12.6 Å². The van der Waals surface area contributed by atoms with Gasteiger partial charge >= 0.3 is 0 Å². The van der Waals surface area contributed by atoms with Gasteiger partial charge in [0.05, 0.1) is 19.3 Å². The van der Waals surface area contributed by atoms with Gasteiger partial charge in [-0.3, -0.25) is 0 Å². The van der Waals surface area contributed by atoms with E-state index in [0.717, 1.165) is 17.0 Å². The van der Waals surface area contributed by atoms with Crippen LogP contribution in [0.2, 0.25) is 5.02 Å². The standard InChI is InChI=1S/C17H21ClN2O2/c1-20(14-7-5-13(18)6-8-14)17(16(21)11-19)12-3-9-15(22-2)10-4-12/h3-10,16-17,21H,11,19H2,1-2H3/t16-,17+/m1/s1. The highest BCUT2D eigenvalue weighted by atomic mass is 35.5. The van der Waals surface area contributed by atoms with E-state index >= 15 is 0 Å². The van der Waals surface area contributed by atoms with E-state index in [1.54, 1.807) is 7.11 Å². The number of rotatable bonds is 6. The van der Waals surface area contributed by atoms with Crippen LogP contribution in [0, 0.1) is 0 Å². The lowest BCUT2D eigenvalue weighted by Gasteiger charge is -2.33. The number of methoxy groups -OCH3 is 1. The van der Waals surface area contributed by atoms with Gasteiger partial charge in [-0.25, -0.2) is 0 Å². The van der Waals surface area contributed by atoms with Crippen molar-refractivity contribution in [3.05, 3.63) is 59.1 Å². The van der Waals surface area contributed by atoms with Gasteiger partial charge in [-0.15, -0.1) is 0 Å². The smallest absolute Gasteiger partial charge is 0.118 e. The number of aliphatic hydroxyl groups excluding tert-OH is 1. The van der Waals surface area contributed by atoms with Gasteiger partial charge in [0.15, 0.2) is 0 Å². The Morgan fingerprint density at radius 1 is 1.14 bits per heavy atom. The van der Waals surface area contributed by atoms with Crippen LogP contribution >= 0.6 is 11.6 Å². The minimum atomic E-state index is -0.686. The first kappa shape index (κ1) is 16.6. The molecule has 0 spiro atoms. The molecule has 0 aliphatic rings. The van der Waals surface area contributed by atoms with Crippen LogP contribution < -0.4 is 15.4 Å². The number of likely N-dealkylation sites (N-methyl/N-ethyl adjacent to an activating group) is 1. The minimum absolute atomic E-state index is 0.175. The molecule has 0 fully saturated rings. The second kappa shape index (κ2) is 7.49. The van der Waals surface area contributed by atoms with E-state index in [4.69, 9.17) is 22.1 Å². The molecule has 3 N–H and O–H groups in total. The van der Waals surface area contributed by atoms with Crippen LogP contribution in [0.5, 0.6) is 5.75 Å². The molecule has 0 bridgehead atoms. The fraction of sp³-hybridized carbons (Fsp3) is 0.294. The quantitative estimate of drug-likeness (QED) is 0.859. The van der Waals surface area contributed by atoms with Gasteiger partial charge < -0.3 is 20.5 Å². The van der Waals surface area contributed by atoms with Crippen LogP contribution in [-0.4, -0.2) is 31.9 Å². The normalized spacial score (nSPS) is 13.5. The summed E-state index contributed by atoms with van der Waals surface area (Å²) in [5.41, 5.74) is 7.61. The summed E-state index contributed by atoms with van der Waals surface area (Å²) in [5.74, 6) is 0.777. The molecule has 0 aromatic heterocycles. The highest BCUT2D eigenvalue weighted by Crippen LogP contribution is 2.30. The van der Waals surface area contributed by atoms with Gasteiger partial charge in [0.25, 0.3) is 0 Å². The number of nitrogens with zero attached hydrogens (tertiary/aromatic N) is 1. The molecule has 0 unspecified atom stereocenters. The topological polar surface area (TPSA) is 58.7 Å². The fourth-order valence-electron chi connectivity index (χ4n) is 2.47. The lowest BCUT2D eigenvalue weighted by molar-refractivity contribution is 0.150. The average Bonchev–Trinajstić information content (AvgIpc) is 2.56. The summed E-state index contributed by atoms with van der Waals surface area (Å²) in [6, 6.07) is 14.9. The van der Waals surface area contributed by atoms with Gasteiger partial charge in [-0.2, -0.15) is 0 Å². The van der Waals surface area contributed by atoms with Gasteiger partial charge in [0.1, 0.15) is 5.75 Å². The van der Waals surface area contributed by atoms with E-state index in [1.807, 2.05) is 60.5 Å². The van der Waals surface area contributed by atoms with Crippen molar-refractivity contribution >= 4 is 17.3 Å². The second-order valence-corrected chi connectivity index (χ2v) is 5.54. The number of anilines is 1. The number of benzene rings is 2. The highest BCUT2D eigenvalue weighted by molar-refractivity contribution is 6.30. The summed E-state index contributed by atoms with van der Waals surface area (Å²) in [6.45, 7) is 0.175. The maximum Gasteiger partial charge on any atom is 0.118 e. The Morgan fingerprint density at radius 3 is 2.23 bits per heavy atom. The summed E-state index contributed by atoms with van der Waals surface area (Å²) in [6.07, 6.45) is -0.686. The minimum Gasteiger partial charge on any atom is -0.497 e. The first-order valence-electron chi connectivity index (χ1n) is 7.07. The van der Waals surface area contributed by atoms with E-state index < -0.39 is 6.10 Å². The Morgan fingerprint density at radius 2 is 1.73 bits per heavy atom. The summed E-state index contributed by atoms with van der Waals surface area (Å²) in [4.78, 5) is 2.00. The maximum absolute atomic E-state index is 10.4. The molecule has 118 valence electrons. The van der Waals surface area contributed by atoms with Crippen molar-refractivity contribution in [2.24, 2.45) is 5.73 Å². The lowest BCUT2D eigenvalue weighted by atomic mass is 9.99. The van der Waals surface area contributed by atoms with Crippen LogP contribution in [0.3, 0.4) is 0 Å².